The number of hydrogen-bond donors (Lipinski definition) is 0. The molecule has 4 nitrogen and oxygen atoms in total. The first kappa shape index (κ1) is 15.9. The van der Waals surface area contributed by atoms with Gasteiger partial charge in [0.05, 0.1) is 25.2 Å². The van der Waals surface area contributed by atoms with Gasteiger partial charge in [-0.2, -0.15) is 5.26 Å². The normalized spacial score (nSPS) is 11.3. The molecule has 0 aromatic heterocycles. The lowest BCUT2D eigenvalue weighted by Crippen LogP contribution is -2.12. The maximum absolute atomic E-state index is 12.2. The Morgan fingerprint density at radius 3 is 2.55 bits per heavy atom. The average Bonchev–Trinajstić information content (AvgIpc) is 2.55. The number of esters is 1. The van der Waals surface area contributed by atoms with Crippen LogP contribution >= 0.6 is 11.6 Å². The van der Waals surface area contributed by atoms with Crippen molar-refractivity contribution in [2.24, 2.45) is 0 Å². The van der Waals surface area contributed by atoms with Crippen LogP contribution in [0.2, 0.25) is 5.02 Å². The summed E-state index contributed by atoms with van der Waals surface area (Å²) in [4.78, 5) is 12.2. The number of rotatable bonds is 5. The molecular weight excluding hydrogens is 302 g/mol. The number of carbonyl (C=O) groups excluding carboxylic acids is 1. The van der Waals surface area contributed by atoms with Crippen LogP contribution in [0.5, 0.6) is 5.75 Å². The second kappa shape index (κ2) is 7.48. The molecule has 2 aromatic rings. The van der Waals surface area contributed by atoms with Crippen LogP contribution in [0.15, 0.2) is 48.5 Å². The highest BCUT2D eigenvalue weighted by Crippen LogP contribution is 2.30. The predicted octanol–water partition coefficient (Wildman–Crippen LogP) is 4.16. The summed E-state index contributed by atoms with van der Waals surface area (Å²) in [6.07, 6.45) is -0.649. The van der Waals surface area contributed by atoms with E-state index in [1.807, 2.05) is 12.1 Å². The van der Waals surface area contributed by atoms with E-state index < -0.39 is 12.1 Å². The van der Waals surface area contributed by atoms with E-state index in [1.54, 1.807) is 42.5 Å². The number of hydrogen-bond acceptors (Lipinski definition) is 4. The van der Waals surface area contributed by atoms with Gasteiger partial charge in [0, 0.05) is 10.6 Å². The fourth-order valence-electron chi connectivity index (χ4n) is 2.01. The number of methoxy groups -OCH3 is 1. The van der Waals surface area contributed by atoms with Gasteiger partial charge in [-0.15, -0.1) is 0 Å². The standard InChI is InChI=1S/C17H14ClNO3/c1-21-15-5-3-2-4-14(15)16(10-11-19)22-17(20)12-6-8-13(18)9-7-12/h2-9,16H,10H2,1H3/t16-/m1/s1. The Labute approximate surface area is 133 Å². The van der Waals surface area contributed by atoms with E-state index in [0.717, 1.165) is 0 Å². The molecule has 0 aliphatic heterocycles. The molecule has 0 saturated heterocycles. The molecule has 22 heavy (non-hydrogen) atoms. The summed E-state index contributed by atoms with van der Waals surface area (Å²) in [5, 5.41) is 9.52. The van der Waals surface area contributed by atoms with Crippen molar-refractivity contribution in [2.75, 3.05) is 7.11 Å². The van der Waals surface area contributed by atoms with Crippen molar-refractivity contribution in [2.45, 2.75) is 12.5 Å². The molecule has 0 radical (unpaired) electrons. The highest BCUT2D eigenvalue weighted by molar-refractivity contribution is 6.30. The number of benzene rings is 2. The first-order valence-electron chi connectivity index (χ1n) is 6.62. The SMILES string of the molecule is COc1ccccc1[C@@H](CC#N)OC(=O)c1ccc(Cl)cc1. The molecule has 0 aliphatic rings. The third kappa shape index (κ3) is 3.78. The van der Waals surface area contributed by atoms with Crippen molar-refractivity contribution in [3.05, 3.63) is 64.7 Å². The van der Waals surface area contributed by atoms with Crippen molar-refractivity contribution < 1.29 is 14.3 Å². The number of carbonyl (C=O) groups is 1. The molecule has 0 fully saturated rings. The van der Waals surface area contributed by atoms with Gasteiger partial charge in [0.2, 0.25) is 0 Å². The largest absolute Gasteiger partial charge is 0.496 e. The molecule has 1 atom stereocenters. The summed E-state index contributed by atoms with van der Waals surface area (Å²) < 4.78 is 10.7. The van der Waals surface area contributed by atoms with Gasteiger partial charge in [-0.3, -0.25) is 0 Å². The maximum atomic E-state index is 12.2. The van der Waals surface area contributed by atoms with E-state index in [0.29, 0.717) is 21.9 Å². The molecule has 2 rings (SSSR count). The molecule has 0 heterocycles. The first-order valence-corrected chi connectivity index (χ1v) is 7.00. The summed E-state index contributed by atoms with van der Waals surface area (Å²) in [5.74, 6) is 0.0643. The van der Waals surface area contributed by atoms with Crippen LogP contribution in [0.3, 0.4) is 0 Å². The van der Waals surface area contributed by atoms with Crippen molar-refractivity contribution in [1.29, 1.82) is 5.26 Å². The number of para-hydroxylation sites is 1. The van der Waals surface area contributed by atoms with E-state index in [9.17, 15) is 4.79 Å². The summed E-state index contributed by atoms with van der Waals surface area (Å²) in [5.41, 5.74) is 1.04. The quantitative estimate of drug-likeness (QED) is 0.777. The van der Waals surface area contributed by atoms with Crippen LogP contribution in [0.25, 0.3) is 0 Å². The lowest BCUT2D eigenvalue weighted by Gasteiger charge is -2.18. The predicted molar refractivity (Wildman–Crippen MR) is 82.8 cm³/mol. The number of nitriles is 1. The van der Waals surface area contributed by atoms with Crippen molar-refractivity contribution >= 4 is 17.6 Å². The van der Waals surface area contributed by atoms with Crippen molar-refractivity contribution in [3.63, 3.8) is 0 Å². The van der Waals surface area contributed by atoms with Gasteiger partial charge in [0.15, 0.2) is 0 Å². The minimum atomic E-state index is -0.690. The number of halogens is 1. The fraction of sp³-hybridized carbons (Fsp3) is 0.176. The van der Waals surface area contributed by atoms with Crippen molar-refractivity contribution in [1.82, 2.24) is 0 Å². The zero-order valence-electron chi connectivity index (χ0n) is 12.0. The summed E-state index contributed by atoms with van der Waals surface area (Å²) in [6, 6.07) is 15.6. The Morgan fingerprint density at radius 1 is 1.23 bits per heavy atom. The van der Waals surface area contributed by atoms with Crippen LogP contribution in [-0.4, -0.2) is 13.1 Å². The highest BCUT2D eigenvalue weighted by atomic mass is 35.5. The number of nitrogens with zero attached hydrogens (tertiary/aromatic N) is 1. The van der Waals surface area contributed by atoms with Gasteiger partial charge in [-0.05, 0) is 30.3 Å². The monoisotopic (exact) mass is 315 g/mol. The molecule has 0 amide bonds. The summed E-state index contributed by atoms with van der Waals surface area (Å²) in [6.45, 7) is 0. The van der Waals surface area contributed by atoms with Gasteiger partial charge < -0.3 is 9.47 Å². The van der Waals surface area contributed by atoms with E-state index >= 15 is 0 Å². The highest BCUT2D eigenvalue weighted by Gasteiger charge is 2.21. The summed E-state index contributed by atoms with van der Waals surface area (Å²) >= 11 is 5.80. The minimum absolute atomic E-state index is 0.0414. The maximum Gasteiger partial charge on any atom is 0.338 e. The molecule has 0 spiro atoms. The average molecular weight is 316 g/mol. The second-order valence-corrected chi connectivity index (χ2v) is 4.94. The summed E-state index contributed by atoms with van der Waals surface area (Å²) in [7, 11) is 1.53. The lowest BCUT2D eigenvalue weighted by atomic mass is 10.1. The molecule has 0 unspecified atom stereocenters. The van der Waals surface area contributed by atoms with Gasteiger partial charge in [-0.25, -0.2) is 4.79 Å². The third-order valence-electron chi connectivity index (χ3n) is 3.09. The Bertz CT molecular complexity index is 692. The van der Waals surface area contributed by atoms with E-state index in [-0.39, 0.29) is 6.42 Å². The van der Waals surface area contributed by atoms with Crippen LogP contribution in [0.1, 0.15) is 28.4 Å². The molecule has 0 aliphatic carbocycles. The smallest absolute Gasteiger partial charge is 0.338 e. The Morgan fingerprint density at radius 2 is 1.91 bits per heavy atom. The van der Waals surface area contributed by atoms with Gasteiger partial charge in [-0.1, -0.05) is 29.8 Å². The number of ether oxygens (including phenoxy) is 2. The van der Waals surface area contributed by atoms with Crippen LogP contribution < -0.4 is 4.74 Å². The molecule has 112 valence electrons. The van der Waals surface area contributed by atoms with E-state index in [2.05, 4.69) is 0 Å². The Kier molecular flexibility index (Phi) is 5.40. The molecule has 0 N–H and O–H groups in total. The topological polar surface area (TPSA) is 59.3 Å². The molecule has 0 saturated carbocycles. The van der Waals surface area contributed by atoms with Crippen LogP contribution in [0.4, 0.5) is 0 Å². The Hall–Kier alpha value is -2.51. The zero-order chi connectivity index (χ0) is 15.9. The molecular formula is C17H14ClNO3. The minimum Gasteiger partial charge on any atom is -0.496 e. The van der Waals surface area contributed by atoms with Gasteiger partial charge in [0.1, 0.15) is 11.9 Å². The van der Waals surface area contributed by atoms with Crippen LogP contribution in [-0.2, 0) is 4.74 Å². The molecule has 5 heteroatoms. The van der Waals surface area contributed by atoms with Gasteiger partial charge >= 0.3 is 5.97 Å². The fourth-order valence-corrected chi connectivity index (χ4v) is 2.14. The van der Waals surface area contributed by atoms with E-state index in [1.165, 1.54) is 7.11 Å². The van der Waals surface area contributed by atoms with E-state index in [4.69, 9.17) is 26.3 Å². The van der Waals surface area contributed by atoms with Crippen molar-refractivity contribution in [3.8, 4) is 11.8 Å². The van der Waals surface area contributed by atoms with Crippen LogP contribution in [0, 0.1) is 11.3 Å². The molecule has 0 bridgehead atoms. The Balaban J connectivity index is 2.23. The second-order valence-electron chi connectivity index (χ2n) is 4.51. The lowest BCUT2D eigenvalue weighted by molar-refractivity contribution is 0.0302. The first-order chi connectivity index (χ1) is 10.7. The molecule has 2 aromatic carbocycles. The van der Waals surface area contributed by atoms with Gasteiger partial charge in [0.25, 0.3) is 0 Å². The zero-order valence-corrected chi connectivity index (χ0v) is 12.7. The third-order valence-corrected chi connectivity index (χ3v) is 3.34.